The molecule has 0 saturated carbocycles. The molecule has 2 N–H and O–H groups in total. The molecule has 17 heavy (non-hydrogen) atoms. The van der Waals surface area contributed by atoms with Crippen LogP contribution in [0.25, 0.3) is 0 Å². The molecule has 0 aromatic carbocycles. The van der Waals surface area contributed by atoms with Crippen LogP contribution in [-0.2, 0) is 22.5 Å². The first-order valence-corrected chi connectivity index (χ1v) is 4.72. The van der Waals surface area contributed by atoms with E-state index in [2.05, 4.69) is 9.72 Å². The van der Waals surface area contributed by atoms with Crippen molar-refractivity contribution in [1.29, 1.82) is 0 Å². The number of esters is 1. The van der Waals surface area contributed by atoms with Gasteiger partial charge in [0.15, 0.2) is 0 Å². The highest BCUT2D eigenvalue weighted by Gasteiger charge is 2.20. The molecule has 0 aliphatic heterocycles. The maximum atomic E-state index is 13.0. The molecule has 1 rings (SSSR count). The summed E-state index contributed by atoms with van der Waals surface area (Å²) >= 11 is 0. The molecule has 1 aromatic rings. The van der Waals surface area contributed by atoms with Crippen molar-refractivity contribution in [1.82, 2.24) is 4.98 Å². The minimum absolute atomic E-state index is 0.0215. The van der Waals surface area contributed by atoms with Crippen LogP contribution in [0, 0.1) is 5.95 Å². The zero-order chi connectivity index (χ0) is 13.0. The smallest absolute Gasteiger partial charge is 0.309 e. The number of aromatic nitrogens is 1. The van der Waals surface area contributed by atoms with Crippen molar-refractivity contribution in [2.24, 2.45) is 5.73 Å². The van der Waals surface area contributed by atoms with Crippen LogP contribution < -0.4 is 5.73 Å². The van der Waals surface area contributed by atoms with Crippen LogP contribution >= 0.6 is 0 Å². The van der Waals surface area contributed by atoms with Crippen molar-refractivity contribution in [3.8, 4) is 0 Å². The fourth-order valence-corrected chi connectivity index (χ4v) is 1.41. The lowest BCUT2D eigenvalue weighted by Gasteiger charge is -2.11. The first-order valence-electron chi connectivity index (χ1n) is 4.72. The van der Waals surface area contributed by atoms with Crippen LogP contribution in [0.4, 0.5) is 13.2 Å². The third-order valence-corrected chi connectivity index (χ3v) is 2.19. The highest BCUT2D eigenvalue weighted by Crippen LogP contribution is 2.24. The average molecular weight is 248 g/mol. The van der Waals surface area contributed by atoms with Crippen molar-refractivity contribution < 1.29 is 22.7 Å². The van der Waals surface area contributed by atoms with Crippen molar-refractivity contribution in [2.45, 2.75) is 19.4 Å². The number of rotatable bonds is 4. The number of alkyl halides is 2. The minimum atomic E-state index is -2.94. The third-order valence-electron chi connectivity index (χ3n) is 2.19. The van der Waals surface area contributed by atoms with Gasteiger partial charge in [-0.3, -0.25) is 4.79 Å². The van der Waals surface area contributed by atoms with Crippen LogP contribution in [0.1, 0.15) is 23.2 Å². The summed E-state index contributed by atoms with van der Waals surface area (Å²) in [7, 11) is 1.15. The Labute approximate surface area is 95.6 Å². The lowest BCUT2D eigenvalue weighted by molar-refractivity contribution is -0.139. The van der Waals surface area contributed by atoms with Crippen LogP contribution in [0.3, 0.4) is 0 Å². The highest BCUT2D eigenvalue weighted by molar-refractivity contribution is 5.73. The van der Waals surface area contributed by atoms with Gasteiger partial charge in [0.25, 0.3) is 6.43 Å². The molecule has 94 valence electrons. The average Bonchev–Trinajstić information content (AvgIpc) is 2.28. The van der Waals surface area contributed by atoms with Crippen molar-refractivity contribution in [3.05, 3.63) is 28.8 Å². The summed E-state index contributed by atoms with van der Waals surface area (Å²) < 4.78 is 42.6. The Balaban J connectivity index is 3.23. The lowest BCUT2D eigenvalue weighted by Crippen LogP contribution is -2.14. The Kier molecular flexibility index (Phi) is 4.45. The van der Waals surface area contributed by atoms with Gasteiger partial charge in [-0.25, -0.2) is 13.8 Å². The van der Waals surface area contributed by atoms with E-state index in [1.54, 1.807) is 0 Å². The number of carbonyl (C=O) groups is 1. The summed E-state index contributed by atoms with van der Waals surface area (Å²) in [5.41, 5.74) is 4.63. The van der Waals surface area contributed by atoms with Gasteiger partial charge in [0.2, 0.25) is 5.95 Å². The number of ether oxygens (including phenoxy) is 1. The standard InChI is InChI=1S/C10H11F3N2O2/c1-17-8(16)3-5-2-7(11)15-9(10(12)13)6(5)4-14/h2,10H,3-4,14H2,1H3. The van der Waals surface area contributed by atoms with E-state index >= 15 is 0 Å². The summed E-state index contributed by atoms with van der Waals surface area (Å²) in [6.45, 7) is -0.251. The molecule has 0 atom stereocenters. The van der Waals surface area contributed by atoms with E-state index in [1.807, 2.05) is 0 Å². The first-order chi connectivity index (χ1) is 7.99. The molecule has 0 radical (unpaired) electrons. The SMILES string of the molecule is COC(=O)Cc1cc(F)nc(C(F)F)c1CN. The minimum Gasteiger partial charge on any atom is -0.469 e. The number of halogens is 3. The predicted molar refractivity (Wildman–Crippen MR) is 52.8 cm³/mol. The van der Waals surface area contributed by atoms with Gasteiger partial charge in [-0.1, -0.05) is 0 Å². The van der Waals surface area contributed by atoms with E-state index in [-0.39, 0.29) is 24.1 Å². The molecule has 0 spiro atoms. The third kappa shape index (κ3) is 3.16. The number of nitrogens with zero attached hydrogens (tertiary/aromatic N) is 1. The van der Waals surface area contributed by atoms with E-state index < -0.39 is 24.0 Å². The molecular formula is C10H11F3N2O2. The van der Waals surface area contributed by atoms with E-state index in [0.717, 1.165) is 13.2 Å². The van der Waals surface area contributed by atoms with Crippen LogP contribution in [0.5, 0.6) is 0 Å². The van der Waals surface area contributed by atoms with E-state index in [4.69, 9.17) is 5.73 Å². The molecule has 0 bridgehead atoms. The summed E-state index contributed by atoms with van der Waals surface area (Å²) in [5.74, 6) is -1.73. The second-order valence-electron chi connectivity index (χ2n) is 3.23. The molecule has 1 heterocycles. The fourth-order valence-electron chi connectivity index (χ4n) is 1.41. The number of carbonyl (C=O) groups excluding carboxylic acids is 1. The molecule has 0 amide bonds. The molecule has 0 fully saturated rings. The zero-order valence-electron chi connectivity index (χ0n) is 9.04. The maximum Gasteiger partial charge on any atom is 0.309 e. The molecule has 0 unspecified atom stereocenters. The quantitative estimate of drug-likeness (QED) is 0.645. The normalized spacial score (nSPS) is 10.7. The monoisotopic (exact) mass is 248 g/mol. The lowest BCUT2D eigenvalue weighted by atomic mass is 10.0. The fraction of sp³-hybridized carbons (Fsp3) is 0.400. The second-order valence-corrected chi connectivity index (χ2v) is 3.23. The van der Waals surface area contributed by atoms with Crippen LogP contribution in [0.15, 0.2) is 6.07 Å². The summed E-state index contributed by atoms with van der Waals surface area (Å²) in [4.78, 5) is 14.1. The zero-order valence-corrected chi connectivity index (χ0v) is 9.04. The Bertz CT molecular complexity index is 424. The number of pyridine rings is 1. The molecule has 0 saturated heterocycles. The van der Waals surface area contributed by atoms with Gasteiger partial charge in [-0.2, -0.15) is 4.39 Å². The van der Waals surface area contributed by atoms with Gasteiger partial charge >= 0.3 is 5.97 Å². The number of nitrogens with two attached hydrogens (primary N) is 1. The van der Waals surface area contributed by atoms with Gasteiger partial charge in [0.1, 0.15) is 5.69 Å². The largest absolute Gasteiger partial charge is 0.469 e. The van der Waals surface area contributed by atoms with Crippen molar-refractivity contribution in [2.75, 3.05) is 7.11 Å². The van der Waals surface area contributed by atoms with Gasteiger partial charge in [0, 0.05) is 6.54 Å². The molecule has 0 aliphatic carbocycles. The highest BCUT2D eigenvalue weighted by atomic mass is 19.3. The summed E-state index contributed by atoms with van der Waals surface area (Å²) in [5, 5.41) is 0. The Hall–Kier alpha value is -1.63. The molecule has 4 nitrogen and oxygen atoms in total. The predicted octanol–water partition coefficient (Wildman–Crippen LogP) is 1.33. The van der Waals surface area contributed by atoms with Gasteiger partial charge in [0.05, 0.1) is 13.5 Å². The second kappa shape index (κ2) is 5.62. The Morgan fingerprint density at radius 3 is 2.71 bits per heavy atom. The summed E-state index contributed by atoms with van der Waals surface area (Å²) in [6.07, 6.45) is -3.26. The van der Waals surface area contributed by atoms with E-state index in [1.165, 1.54) is 0 Å². The van der Waals surface area contributed by atoms with Crippen molar-refractivity contribution >= 4 is 5.97 Å². The van der Waals surface area contributed by atoms with Crippen LogP contribution in [-0.4, -0.2) is 18.1 Å². The summed E-state index contributed by atoms with van der Waals surface area (Å²) in [6, 6.07) is 0.908. The number of hydrogen-bond donors (Lipinski definition) is 1. The van der Waals surface area contributed by atoms with Gasteiger partial charge in [-0.05, 0) is 17.2 Å². The van der Waals surface area contributed by atoms with E-state index in [0.29, 0.717) is 0 Å². The molecule has 0 aliphatic rings. The van der Waals surface area contributed by atoms with Gasteiger partial charge in [-0.15, -0.1) is 0 Å². The number of methoxy groups -OCH3 is 1. The van der Waals surface area contributed by atoms with E-state index in [9.17, 15) is 18.0 Å². The number of hydrogen-bond acceptors (Lipinski definition) is 4. The Morgan fingerprint density at radius 2 is 2.24 bits per heavy atom. The van der Waals surface area contributed by atoms with Crippen LogP contribution in [0.2, 0.25) is 0 Å². The van der Waals surface area contributed by atoms with Gasteiger partial charge < -0.3 is 10.5 Å². The van der Waals surface area contributed by atoms with Crippen molar-refractivity contribution in [3.63, 3.8) is 0 Å². The molecular weight excluding hydrogens is 237 g/mol. The topological polar surface area (TPSA) is 65.2 Å². The first kappa shape index (κ1) is 13.4. The maximum absolute atomic E-state index is 13.0. The molecule has 7 heteroatoms. The Morgan fingerprint density at radius 1 is 1.59 bits per heavy atom. The molecule has 1 aromatic heterocycles.